The molecule has 0 fully saturated rings. The van der Waals surface area contributed by atoms with Crippen molar-refractivity contribution in [2.45, 2.75) is 33.2 Å². The van der Waals surface area contributed by atoms with E-state index in [1.54, 1.807) is 42.5 Å². The molecule has 6 heteroatoms. The number of rotatable bonds is 5. The van der Waals surface area contributed by atoms with Crippen LogP contribution in [-0.2, 0) is 4.79 Å². The van der Waals surface area contributed by atoms with E-state index in [1.165, 1.54) is 0 Å². The normalized spacial score (nSPS) is 14.5. The number of hydrogen-bond donors (Lipinski definition) is 1. The molecule has 1 heterocycles. The summed E-state index contributed by atoms with van der Waals surface area (Å²) in [5.41, 5.74) is 2.09. The topological polar surface area (TPSA) is 66.5 Å². The van der Waals surface area contributed by atoms with Crippen molar-refractivity contribution in [1.82, 2.24) is 4.90 Å². The van der Waals surface area contributed by atoms with Crippen molar-refractivity contribution >= 4 is 35.0 Å². The number of halogens is 1. The largest absolute Gasteiger partial charge is 0.324 e. The predicted molar refractivity (Wildman–Crippen MR) is 105 cm³/mol. The van der Waals surface area contributed by atoms with Gasteiger partial charge in [-0.05, 0) is 49.1 Å². The van der Waals surface area contributed by atoms with E-state index in [2.05, 4.69) is 5.32 Å². The highest BCUT2D eigenvalue weighted by Gasteiger charge is 2.42. The number of aryl methyl sites for hydroxylation is 1. The molecule has 0 radical (unpaired) electrons. The van der Waals surface area contributed by atoms with Gasteiger partial charge in [-0.3, -0.25) is 19.3 Å². The van der Waals surface area contributed by atoms with Gasteiger partial charge in [0.05, 0.1) is 11.1 Å². The fraction of sp³-hybridized carbons (Fsp3) is 0.286. The molecule has 1 N–H and O–H groups in total. The number of hydrogen-bond acceptors (Lipinski definition) is 3. The number of benzene rings is 2. The lowest BCUT2D eigenvalue weighted by Crippen LogP contribution is -2.48. The Balaban J connectivity index is 1.93. The fourth-order valence-corrected chi connectivity index (χ4v) is 3.38. The van der Waals surface area contributed by atoms with Crippen LogP contribution in [0.3, 0.4) is 0 Å². The van der Waals surface area contributed by atoms with Gasteiger partial charge in [-0.25, -0.2) is 0 Å². The van der Waals surface area contributed by atoms with E-state index in [4.69, 9.17) is 11.6 Å². The van der Waals surface area contributed by atoms with Crippen LogP contribution < -0.4 is 5.32 Å². The monoisotopic (exact) mass is 384 g/mol. The first-order valence-electron chi connectivity index (χ1n) is 8.83. The second-order valence-corrected chi connectivity index (χ2v) is 7.56. The Morgan fingerprint density at radius 3 is 2.22 bits per heavy atom. The third-order valence-electron chi connectivity index (χ3n) is 4.59. The standard InChI is InChI=1S/C21H21ClN2O3/c1-12(2)10-18(19(25)23-17-11-14(22)9-8-13(17)3)24-20(26)15-6-4-5-7-16(15)21(24)27/h4-9,11-12,18H,10H2,1-3H3,(H,23,25)/t18-/m1/s1. The summed E-state index contributed by atoms with van der Waals surface area (Å²) in [4.78, 5) is 39.7. The summed E-state index contributed by atoms with van der Waals surface area (Å²) in [5, 5.41) is 3.33. The van der Waals surface area contributed by atoms with Crippen LogP contribution in [0.25, 0.3) is 0 Å². The molecule has 0 aromatic heterocycles. The summed E-state index contributed by atoms with van der Waals surface area (Å²) in [5.74, 6) is -1.15. The third kappa shape index (κ3) is 3.74. The summed E-state index contributed by atoms with van der Waals surface area (Å²) in [7, 11) is 0. The molecule has 1 aliphatic rings. The third-order valence-corrected chi connectivity index (χ3v) is 4.83. The molecule has 0 saturated carbocycles. The molecule has 3 amide bonds. The summed E-state index contributed by atoms with van der Waals surface area (Å²) >= 11 is 6.03. The minimum atomic E-state index is -0.893. The Hall–Kier alpha value is -2.66. The molecule has 0 spiro atoms. The molecule has 0 aliphatic carbocycles. The van der Waals surface area contributed by atoms with Crippen LogP contribution in [0.15, 0.2) is 42.5 Å². The van der Waals surface area contributed by atoms with Gasteiger partial charge in [-0.2, -0.15) is 0 Å². The van der Waals surface area contributed by atoms with Crippen molar-refractivity contribution in [2.24, 2.45) is 5.92 Å². The smallest absolute Gasteiger partial charge is 0.262 e. The molecule has 1 aliphatic heterocycles. The second-order valence-electron chi connectivity index (χ2n) is 7.12. The number of carbonyl (C=O) groups excluding carboxylic acids is 3. The molecule has 0 unspecified atom stereocenters. The lowest BCUT2D eigenvalue weighted by molar-refractivity contribution is -0.120. The SMILES string of the molecule is Cc1ccc(Cl)cc1NC(=O)[C@@H](CC(C)C)N1C(=O)c2ccccc2C1=O. The zero-order chi connectivity index (χ0) is 19.7. The van der Waals surface area contributed by atoms with E-state index in [0.717, 1.165) is 10.5 Å². The Kier molecular flexibility index (Phi) is 5.33. The maximum absolute atomic E-state index is 13.0. The van der Waals surface area contributed by atoms with Gasteiger partial charge in [0.15, 0.2) is 0 Å². The van der Waals surface area contributed by atoms with Gasteiger partial charge in [0.2, 0.25) is 5.91 Å². The lowest BCUT2D eigenvalue weighted by Gasteiger charge is -2.27. The molecule has 1 atom stereocenters. The first-order valence-corrected chi connectivity index (χ1v) is 9.21. The number of nitrogens with one attached hydrogen (secondary N) is 1. The van der Waals surface area contributed by atoms with Gasteiger partial charge in [0, 0.05) is 10.7 Å². The van der Waals surface area contributed by atoms with E-state index < -0.39 is 23.8 Å². The van der Waals surface area contributed by atoms with Gasteiger partial charge in [0.25, 0.3) is 11.8 Å². The molecule has 2 aromatic carbocycles. The minimum Gasteiger partial charge on any atom is -0.324 e. The van der Waals surface area contributed by atoms with Crippen molar-refractivity contribution in [3.8, 4) is 0 Å². The van der Waals surface area contributed by atoms with Gasteiger partial charge >= 0.3 is 0 Å². The zero-order valence-corrected chi connectivity index (χ0v) is 16.2. The number of amides is 3. The van der Waals surface area contributed by atoms with Crippen LogP contribution in [0.4, 0.5) is 5.69 Å². The number of imide groups is 1. The van der Waals surface area contributed by atoms with Crippen molar-refractivity contribution in [2.75, 3.05) is 5.32 Å². The number of carbonyl (C=O) groups is 3. The lowest BCUT2D eigenvalue weighted by atomic mass is 10.0. The van der Waals surface area contributed by atoms with Crippen LogP contribution in [0.5, 0.6) is 0 Å². The van der Waals surface area contributed by atoms with E-state index in [1.807, 2.05) is 20.8 Å². The highest BCUT2D eigenvalue weighted by atomic mass is 35.5. The van der Waals surface area contributed by atoms with Crippen LogP contribution in [0, 0.1) is 12.8 Å². The first-order chi connectivity index (χ1) is 12.8. The molecule has 27 heavy (non-hydrogen) atoms. The molecule has 3 rings (SSSR count). The van der Waals surface area contributed by atoms with Gasteiger partial charge in [-0.1, -0.05) is 43.6 Å². The Morgan fingerprint density at radius 1 is 1.07 bits per heavy atom. The number of anilines is 1. The van der Waals surface area contributed by atoms with Crippen molar-refractivity contribution in [3.05, 3.63) is 64.2 Å². The molecule has 0 bridgehead atoms. The molecular weight excluding hydrogens is 364 g/mol. The molecular formula is C21H21ClN2O3. The van der Waals surface area contributed by atoms with Crippen LogP contribution in [-0.4, -0.2) is 28.7 Å². The van der Waals surface area contributed by atoms with Gasteiger partial charge in [0.1, 0.15) is 6.04 Å². The fourth-order valence-electron chi connectivity index (χ4n) is 3.21. The van der Waals surface area contributed by atoms with Crippen molar-refractivity contribution in [3.63, 3.8) is 0 Å². The Labute approximate surface area is 163 Å². The van der Waals surface area contributed by atoms with E-state index in [0.29, 0.717) is 28.3 Å². The van der Waals surface area contributed by atoms with Crippen LogP contribution in [0.1, 0.15) is 46.5 Å². The van der Waals surface area contributed by atoms with E-state index in [9.17, 15) is 14.4 Å². The average Bonchev–Trinajstić information content (AvgIpc) is 2.87. The Morgan fingerprint density at radius 2 is 1.67 bits per heavy atom. The highest BCUT2D eigenvalue weighted by Crippen LogP contribution is 2.28. The molecule has 2 aromatic rings. The van der Waals surface area contributed by atoms with Crippen molar-refractivity contribution in [1.29, 1.82) is 0 Å². The summed E-state index contributed by atoms with van der Waals surface area (Å²) < 4.78 is 0. The van der Waals surface area contributed by atoms with Gasteiger partial charge < -0.3 is 5.32 Å². The zero-order valence-electron chi connectivity index (χ0n) is 15.5. The summed E-state index contributed by atoms with van der Waals surface area (Å²) in [6.07, 6.45) is 0.372. The Bertz CT molecular complexity index is 888. The number of nitrogens with zero attached hydrogens (tertiary/aromatic N) is 1. The summed E-state index contributed by atoms with van der Waals surface area (Å²) in [6, 6.07) is 10.9. The highest BCUT2D eigenvalue weighted by molar-refractivity contribution is 6.31. The van der Waals surface area contributed by atoms with Crippen molar-refractivity contribution < 1.29 is 14.4 Å². The molecule has 0 saturated heterocycles. The van der Waals surface area contributed by atoms with Crippen LogP contribution >= 0.6 is 11.6 Å². The molecule has 140 valence electrons. The summed E-state index contributed by atoms with van der Waals surface area (Å²) in [6.45, 7) is 5.75. The maximum atomic E-state index is 13.0. The first kappa shape index (κ1) is 19.1. The van der Waals surface area contributed by atoms with Gasteiger partial charge in [-0.15, -0.1) is 0 Å². The van der Waals surface area contributed by atoms with E-state index in [-0.39, 0.29) is 5.92 Å². The van der Waals surface area contributed by atoms with Crippen LogP contribution in [0.2, 0.25) is 5.02 Å². The minimum absolute atomic E-state index is 0.116. The average molecular weight is 385 g/mol. The predicted octanol–water partition coefficient (Wildman–Crippen LogP) is 4.30. The maximum Gasteiger partial charge on any atom is 0.262 e. The second kappa shape index (κ2) is 7.53. The quantitative estimate of drug-likeness (QED) is 0.781. The van der Waals surface area contributed by atoms with E-state index >= 15 is 0 Å². The molecule has 5 nitrogen and oxygen atoms in total. The number of fused-ring (bicyclic) bond motifs is 1.